The number of carbonyl (C=O) groups excluding carboxylic acids is 2. The van der Waals surface area contributed by atoms with Gasteiger partial charge in [0.05, 0.1) is 11.8 Å². The maximum atomic E-state index is 12.5. The lowest BCUT2D eigenvalue weighted by molar-refractivity contribution is 0.0667. The summed E-state index contributed by atoms with van der Waals surface area (Å²) in [6.45, 7) is 5.20. The first-order chi connectivity index (χ1) is 12.5. The summed E-state index contributed by atoms with van der Waals surface area (Å²) in [6.07, 6.45) is 2.82. The molecule has 3 rings (SSSR count). The van der Waals surface area contributed by atoms with Gasteiger partial charge in [0.25, 0.3) is 11.8 Å². The maximum Gasteiger partial charge on any atom is 0.289 e. The van der Waals surface area contributed by atoms with E-state index >= 15 is 0 Å². The molecule has 0 radical (unpaired) electrons. The first-order valence-corrected chi connectivity index (χ1v) is 8.92. The number of likely N-dealkylation sites (tertiary alicyclic amines) is 1. The van der Waals surface area contributed by atoms with Crippen LogP contribution >= 0.6 is 0 Å². The van der Waals surface area contributed by atoms with E-state index in [1.807, 2.05) is 19.9 Å². The van der Waals surface area contributed by atoms with Gasteiger partial charge in [0.15, 0.2) is 5.76 Å². The zero-order valence-electron chi connectivity index (χ0n) is 15.1. The van der Waals surface area contributed by atoms with E-state index < -0.39 is 0 Å². The summed E-state index contributed by atoms with van der Waals surface area (Å²) in [5.41, 5.74) is 1.30. The molecule has 1 fully saturated rings. The number of hydrogen-bond donors (Lipinski definition) is 2. The largest absolute Gasteiger partial charge is 0.507 e. The number of piperidine rings is 1. The molecule has 0 atom stereocenters. The second-order valence-corrected chi connectivity index (χ2v) is 6.95. The molecular formula is C20H24N2O4. The molecule has 138 valence electrons. The van der Waals surface area contributed by atoms with E-state index in [1.54, 1.807) is 29.2 Å². The lowest BCUT2D eigenvalue weighted by Crippen LogP contribution is -2.46. The zero-order chi connectivity index (χ0) is 18.7. The van der Waals surface area contributed by atoms with Crippen LogP contribution in [0, 0.1) is 0 Å². The van der Waals surface area contributed by atoms with E-state index in [4.69, 9.17) is 4.42 Å². The smallest absolute Gasteiger partial charge is 0.289 e. The summed E-state index contributed by atoms with van der Waals surface area (Å²) in [7, 11) is 0. The zero-order valence-corrected chi connectivity index (χ0v) is 15.1. The maximum absolute atomic E-state index is 12.5. The number of nitrogens with zero attached hydrogens (tertiary/aromatic N) is 1. The van der Waals surface area contributed by atoms with E-state index in [0.717, 1.165) is 5.56 Å². The molecule has 1 aromatic carbocycles. The Hall–Kier alpha value is -2.76. The van der Waals surface area contributed by atoms with Crippen LogP contribution in [0.1, 0.15) is 59.1 Å². The molecule has 0 saturated carbocycles. The molecule has 2 N–H and O–H groups in total. The molecule has 6 heteroatoms. The highest BCUT2D eigenvalue weighted by atomic mass is 16.3. The van der Waals surface area contributed by atoms with Gasteiger partial charge in [-0.05, 0) is 48.6 Å². The average molecular weight is 356 g/mol. The Morgan fingerprint density at radius 3 is 2.58 bits per heavy atom. The Morgan fingerprint density at radius 1 is 1.23 bits per heavy atom. The van der Waals surface area contributed by atoms with Gasteiger partial charge >= 0.3 is 0 Å². The van der Waals surface area contributed by atoms with Crippen LogP contribution in [0.25, 0.3) is 0 Å². The van der Waals surface area contributed by atoms with Crippen LogP contribution in [0.2, 0.25) is 0 Å². The van der Waals surface area contributed by atoms with Crippen molar-refractivity contribution in [2.24, 2.45) is 0 Å². The molecule has 6 nitrogen and oxygen atoms in total. The van der Waals surface area contributed by atoms with Crippen LogP contribution in [0.15, 0.2) is 41.0 Å². The number of furan rings is 1. The lowest BCUT2D eigenvalue weighted by Gasteiger charge is -2.32. The highest BCUT2D eigenvalue weighted by molar-refractivity contribution is 5.97. The SMILES string of the molecule is CC(C)c1ccc(O)c(C(=O)NC2CCN(C(=O)c3ccco3)CC2)c1. The van der Waals surface area contributed by atoms with Crippen molar-refractivity contribution in [3.8, 4) is 5.75 Å². The minimum absolute atomic E-state index is 0.0164. The van der Waals surface area contributed by atoms with Crippen LogP contribution < -0.4 is 5.32 Å². The van der Waals surface area contributed by atoms with Crippen molar-refractivity contribution in [1.29, 1.82) is 0 Å². The number of carbonyl (C=O) groups is 2. The third-order valence-corrected chi connectivity index (χ3v) is 4.78. The van der Waals surface area contributed by atoms with Crippen molar-refractivity contribution in [1.82, 2.24) is 10.2 Å². The number of phenolic OH excluding ortho intramolecular Hbond substituents is 1. The van der Waals surface area contributed by atoms with Crippen LogP contribution in [-0.4, -0.2) is 41.0 Å². The van der Waals surface area contributed by atoms with E-state index in [9.17, 15) is 14.7 Å². The summed E-state index contributed by atoms with van der Waals surface area (Å²) in [4.78, 5) is 26.5. The summed E-state index contributed by atoms with van der Waals surface area (Å²) in [5.74, 6) is 0.195. The fourth-order valence-corrected chi connectivity index (χ4v) is 3.14. The molecule has 0 aliphatic carbocycles. The monoisotopic (exact) mass is 356 g/mol. The summed E-state index contributed by atoms with van der Waals surface area (Å²) in [5, 5.41) is 13.0. The minimum atomic E-state index is -0.277. The molecule has 26 heavy (non-hydrogen) atoms. The Kier molecular flexibility index (Phi) is 5.30. The van der Waals surface area contributed by atoms with Crippen LogP contribution in [0.3, 0.4) is 0 Å². The van der Waals surface area contributed by atoms with Crippen LogP contribution in [0.4, 0.5) is 0 Å². The molecular weight excluding hydrogens is 332 g/mol. The molecule has 0 spiro atoms. The number of aromatic hydroxyl groups is 1. The summed E-state index contributed by atoms with van der Waals surface area (Å²) >= 11 is 0. The van der Waals surface area contributed by atoms with Crippen molar-refractivity contribution >= 4 is 11.8 Å². The third kappa shape index (κ3) is 3.90. The number of phenols is 1. The molecule has 0 bridgehead atoms. The average Bonchev–Trinajstić information content (AvgIpc) is 3.16. The predicted molar refractivity (Wildman–Crippen MR) is 97.3 cm³/mol. The number of nitrogens with one attached hydrogen (secondary N) is 1. The number of amides is 2. The van der Waals surface area contributed by atoms with Gasteiger partial charge in [-0.3, -0.25) is 9.59 Å². The number of hydrogen-bond acceptors (Lipinski definition) is 4. The Labute approximate surface area is 152 Å². The van der Waals surface area contributed by atoms with E-state index in [0.29, 0.717) is 37.3 Å². The normalized spacial score (nSPS) is 15.3. The Balaban J connectivity index is 1.58. The van der Waals surface area contributed by atoms with Crippen molar-refractivity contribution in [2.75, 3.05) is 13.1 Å². The molecule has 1 aliphatic heterocycles. The second-order valence-electron chi connectivity index (χ2n) is 6.95. The van der Waals surface area contributed by atoms with Crippen molar-refractivity contribution in [3.63, 3.8) is 0 Å². The minimum Gasteiger partial charge on any atom is -0.507 e. The molecule has 2 amide bonds. The number of rotatable bonds is 4. The molecule has 0 unspecified atom stereocenters. The molecule has 2 aromatic rings. The topological polar surface area (TPSA) is 82.8 Å². The van der Waals surface area contributed by atoms with Gasteiger partial charge in [-0.25, -0.2) is 0 Å². The number of benzene rings is 1. The second kappa shape index (κ2) is 7.64. The quantitative estimate of drug-likeness (QED) is 0.882. The third-order valence-electron chi connectivity index (χ3n) is 4.78. The summed E-state index contributed by atoms with van der Waals surface area (Å²) in [6, 6.07) is 8.46. The molecule has 1 aromatic heterocycles. The van der Waals surface area contributed by atoms with Gasteiger partial charge in [0.2, 0.25) is 0 Å². The van der Waals surface area contributed by atoms with Crippen molar-refractivity contribution in [2.45, 2.75) is 38.6 Å². The van der Waals surface area contributed by atoms with Gasteiger partial charge in [-0.1, -0.05) is 19.9 Å². The summed E-state index contributed by atoms with van der Waals surface area (Å²) < 4.78 is 5.15. The lowest BCUT2D eigenvalue weighted by atomic mass is 9.99. The first-order valence-electron chi connectivity index (χ1n) is 8.92. The van der Waals surface area contributed by atoms with E-state index in [-0.39, 0.29) is 29.5 Å². The van der Waals surface area contributed by atoms with Gasteiger partial charge < -0.3 is 19.7 Å². The highest BCUT2D eigenvalue weighted by Gasteiger charge is 2.26. The van der Waals surface area contributed by atoms with Gasteiger partial charge in [-0.2, -0.15) is 0 Å². The van der Waals surface area contributed by atoms with Gasteiger partial charge in [0.1, 0.15) is 5.75 Å². The fourth-order valence-electron chi connectivity index (χ4n) is 3.14. The van der Waals surface area contributed by atoms with E-state index in [1.165, 1.54) is 6.26 Å². The molecule has 1 saturated heterocycles. The predicted octanol–water partition coefficient (Wildman–Crippen LogP) is 3.14. The molecule has 2 heterocycles. The standard InChI is InChI=1S/C20H24N2O4/c1-13(2)14-5-6-17(23)16(12-14)19(24)21-15-7-9-22(10-8-15)20(25)18-4-3-11-26-18/h3-6,11-13,15,23H,7-10H2,1-2H3,(H,21,24). The highest BCUT2D eigenvalue weighted by Crippen LogP contribution is 2.24. The van der Waals surface area contributed by atoms with Gasteiger partial charge in [0, 0.05) is 19.1 Å². The fraction of sp³-hybridized carbons (Fsp3) is 0.400. The molecule has 1 aliphatic rings. The Morgan fingerprint density at radius 2 is 1.96 bits per heavy atom. The van der Waals surface area contributed by atoms with E-state index in [2.05, 4.69) is 5.32 Å². The van der Waals surface area contributed by atoms with Crippen molar-refractivity contribution < 1.29 is 19.1 Å². The van der Waals surface area contributed by atoms with Crippen molar-refractivity contribution in [3.05, 3.63) is 53.5 Å². The van der Waals surface area contributed by atoms with Crippen LogP contribution in [-0.2, 0) is 0 Å². The first kappa shape index (κ1) is 18.0. The van der Waals surface area contributed by atoms with Gasteiger partial charge in [-0.15, -0.1) is 0 Å². The van der Waals surface area contributed by atoms with Crippen LogP contribution in [0.5, 0.6) is 5.75 Å². The Bertz CT molecular complexity index is 775.